The van der Waals surface area contributed by atoms with Gasteiger partial charge < -0.3 is 5.32 Å². The van der Waals surface area contributed by atoms with Crippen LogP contribution in [0.1, 0.15) is 23.6 Å². The van der Waals surface area contributed by atoms with Crippen molar-refractivity contribution in [1.82, 2.24) is 4.72 Å². The molecule has 5 nitrogen and oxygen atoms in total. The number of rotatable bonds is 6. The first-order chi connectivity index (χ1) is 11.2. The minimum Gasteiger partial charge on any atom is -0.326 e. The van der Waals surface area contributed by atoms with Crippen molar-refractivity contribution in [2.75, 3.05) is 11.6 Å². The molecule has 0 aromatic heterocycles. The summed E-state index contributed by atoms with van der Waals surface area (Å²) in [7, 11) is -3.47. The van der Waals surface area contributed by atoms with Gasteiger partial charge in [-0.1, -0.05) is 35.9 Å². The highest BCUT2D eigenvalue weighted by Crippen LogP contribution is 2.21. The molecule has 0 unspecified atom stereocenters. The number of carbonyl (C=O) groups is 1. The van der Waals surface area contributed by atoms with E-state index in [2.05, 4.69) is 10.0 Å². The summed E-state index contributed by atoms with van der Waals surface area (Å²) in [5, 5.41) is 3.32. The van der Waals surface area contributed by atoms with E-state index in [0.717, 1.165) is 11.8 Å². The maximum Gasteiger partial charge on any atom is 0.226 e. The number of benzene rings is 2. The number of amides is 1. The molecule has 0 aliphatic carbocycles. The number of carbonyl (C=O) groups excluding carboxylic acids is 1. The quantitative estimate of drug-likeness (QED) is 0.823. The second-order valence-corrected chi connectivity index (χ2v) is 7.83. The van der Waals surface area contributed by atoms with E-state index in [9.17, 15) is 13.2 Å². The van der Waals surface area contributed by atoms with Gasteiger partial charge in [0.15, 0.2) is 0 Å². The van der Waals surface area contributed by atoms with Gasteiger partial charge in [-0.2, -0.15) is 0 Å². The summed E-state index contributed by atoms with van der Waals surface area (Å²) >= 11 is 5.86. The smallest absolute Gasteiger partial charge is 0.226 e. The van der Waals surface area contributed by atoms with Gasteiger partial charge in [0, 0.05) is 17.1 Å². The van der Waals surface area contributed by atoms with E-state index in [0.29, 0.717) is 16.3 Å². The second kappa shape index (κ2) is 7.79. The predicted octanol–water partition coefficient (Wildman–Crippen LogP) is 3.27. The number of aryl methyl sites for hydroxylation is 1. The van der Waals surface area contributed by atoms with Gasteiger partial charge in [-0.15, -0.1) is 0 Å². The van der Waals surface area contributed by atoms with E-state index in [-0.39, 0.29) is 12.3 Å². The third-order valence-corrected chi connectivity index (χ3v) is 4.28. The fourth-order valence-corrected chi connectivity index (χ4v) is 3.16. The topological polar surface area (TPSA) is 75.3 Å². The molecule has 0 fully saturated rings. The lowest BCUT2D eigenvalue weighted by Crippen LogP contribution is -2.30. The summed E-state index contributed by atoms with van der Waals surface area (Å²) in [6, 6.07) is 13.5. The minimum atomic E-state index is -3.47. The van der Waals surface area contributed by atoms with Gasteiger partial charge >= 0.3 is 0 Å². The van der Waals surface area contributed by atoms with Crippen LogP contribution in [0.5, 0.6) is 0 Å². The van der Waals surface area contributed by atoms with Crippen molar-refractivity contribution >= 4 is 33.2 Å². The van der Waals surface area contributed by atoms with Crippen LogP contribution >= 0.6 is 11.6 Å². The van der Waals surface area contributed by atoms with E-state index in [4.69, 9.17) is 11.6 Å². The van der Waals surface area contributed by atoms with Crippen molar-refractivity contribution in [3.8, 4) is 0 Å². The van der Waals surface area contributed by atoms with Crippen molar-refractivity contribution in [3.63, 3.8) is 0 Å². The Morgan fingerprint density at radius 1 is 1.17 bits per heavy atom. The Hall–Kier alpha value is -1.89. The summed E-state index contributed by atoms with van der Waals surface area (Å²) in [5.41, 5.74) is 2.37. The maximum atomic E-state index is 12.3. The van der Waals surface area contributed by atoms with Crippen molar-refractivity contribution in [1.29, 1.82) is 0 Å². The Morgan fingerprint density at radius 2 is 1.83 bits per heavy atom. The van der Waals surface area contributed by atoms with E-state index in [1.807, 2.05) is 25.1 Å². The largest absolute Gasteiger partial charge is 0.326 e. The van der Waals surface area contributed by atoms with Gasteiger partial charge in [-0.3, -0.25) is 4.79 Å². The molecule has 24 heavy (non-hydrogen) atoms. The fourth-order valence-electron chi connectivity index (χ4n) is 2.30. The molecule has 0 saturated heterocycles. The van der Waals surface area contributed by atoms with Gasteiger partial charge in [0.1, 0.15) is 0 Å². The maximum absolute atomic E-state index is 12.3. The highest BCUT2D eigenvalue weighted by Gasteiger charge is 2.20. The fraction of sp³-hybridized carbons (Fsp3) is 0.235. The molecule has 0 bridgehead atoms. The molecule has 2 N–H and O–H groups in total. The van der Waals surface area contributed by atoms with Crippen molar-refractivity contribution in [2.45, 2.75) is 19.4 Å². The van der Waals surface area contributed by atoms with Gasteiger partial charge in [0.2, 0.25) is 15.9 Å². The average Bonchev–Trinajstić information content (AvgIpc) is 2.45. The first-order valence-corrected chi connectivity index (χ1v) is 9.59. The molecule has 0 aliphatic rings. The molecule has 2 rings (SSSR count). The minimum absolute atomic E-state index is 0.0252. The van der Waals surface area contributed by atoms with Gasteiger partial charge in [-0.25, -0.2) is 13.1 Å². The van der Waals surface area contributed by atoms with Crippen LogP contribution in [-0.4, -0.2) is 20.6 Å². The summed E-state index contributed by atoms with van der Waals surface area (Å²) in [6.07, 6.45) is 1.04. The zero-order chi connectivity index (χ0) is 17.7. The average molecular weight is 367 g/mol. The number of halogens is 1. The van der Waals surface area contributed by atoms with E-state index in [1.165, 1.54) is 0 Å². The van der Waals surface area contributed by atoms with Gasteiger partial charge in [0.25, 0.3) is 0 Å². The SMILES string of the molecule is Cc1cccc(NC(=O)C[C@@H](NS(C)(=O)=O)c2ccc(Cl)cc2)c1. The Bertz CT molecular complexity index is 820. The molecule has 0 saturated carbocycles. The standard InChI is InChI=1S/C17H19ClN2O3S/c1-12-4-3-5-15(10-12)19-17(21)11-16(20-24(2,22)23)13-6-8-14(18)9-7-13/h3-10,16,20H,11H2,1-2H3,(H,19,21)/t16-/m1/s1. The lowest BCUT2D eigenvalue weighted by Gasteiger charge is -2.18. The monoisotopic (exact) mass is 366 g/mol. The van der Waals surface area contributed by atoms with Crippen LogP contribution in [-0.2, 0) is 14.8 Å². The van der Waals surface area contributed by atoms with E-state index < -0.39 is 16.1 Å². The van der Waals surface area contributed by atoms with Crippen molar-refractivity contribution in [2.24, 2.45) is 0 Å². The molecule has 128 valence electrons. The summed E-state index contributed by atoms with van der Waals surface area (Å²) < 4.78 is 25.7. The van der Waals surface area contributed by atoms with E-state index >= 15 is 0 Å². The van der Waals surface area contributed by atoms with Crippen LogP contribution in [0.15, 0.2) is 48.5 Å². The Balaban J connectivity index is 2.15. The molecular formula is C17H19ClN2O3S. The molecule has 0 spiro atoms. The van der Waals surface area contributed by atoms with Crippen LogP contribution < -0.4 is 10.0 Å². The van der Waals surface area contributed by atoms with Gasteiger partial charge in [0.05, 0.1) is 12.3 Å². The molecule has 1 amide bonds. The first kappa shape index (κ1) is 18.4. The molecule has 0 radical (unpaired) electrons. The molecule has 0 aliphatic heterocycles. The Morgan fingerprint density at radius 3 is 2.42 bits per heavy atom. The zero-order valence-corrected chi connectivity index (χ0v) is 15.0. The van der Waals surface area contributed by atoms with E-state index in [1.54, 1.807) is 30.3 Å². The predicted molar refractivity (Wildman–Crippen MR) is 96.6 cm³/mol. The summed E-state index contributed by atoms with van der Waals surface area (Å²) in [5.74, 6) is -0.281. The highest BCUT2D eigenvalue weighted by atomic mass is 35.5. The van der Waals surface area contributed by atoms with Crippen LogP contribution in [0.25, 0.3) is 0 Å². The van der Waals surface area contributed by atoms with Crippen LogP contribution in [0.4, 0.5) is 5.69 Å². The van der Waals surface area contributed by atoms with Gasteiger partial charge in [-0.05, 0) is 42.3 Å². The third-order valence-electron chi connectivity index (χ3n) is 3.32. The second-order valence-electron chi connectivity index (χ2n) is 5.62. The van der Waals surface area contributed by atoms with Crippen molar-refractivity contribution < 1.29 is 13.2 Å². The molecular weight excluding hydrogens is 348 g/mol. The first-order valence-electron chi connectivity index (χ1n) is 7.32. The molecule has 1 atom stereocenters. The lowest BCUT2D eigenvalue weighted by atomic mass is 10.0. The van der Waals surface area contributed by atoms with Crippen LogP contribution in [0.2, 0.25) is 5.02 Å². The molecule has 7 heteroatoms. The number of hydrogen-bond acceptors (Lipinski definition) is 3. The summed E-state index contributed by atoms with van der Waals surface area (Å²) in [6.45, 7) is 1.93. The normalized spacial score (nSPS) is 12.6. The van der Waals surface area contributed by atoms with Crippen LogP contribution in [0.3, 0.4) is 0 Å². The summed E-state index contributed by atoms with van der Waals surface area (Å²) in [4.78, 5) is 12.3. The number of sulfonamides is 1. The lowest BCUT2D eigenvalue weighted by molar-refractivity contribution is -0.116. The number of hydrogen-bond donors (Lipinski definition) is 2. The van der Waals surface area contributed by atoms with Crippen molar-refractivity contribution in [3.05, 3.63) is 64.7 Å². The molecule has 2 aromatic rings. The number of nitrogens with one attached hydrogen (secondary N) is 2. The third kappa shape index (κ3) is 5.96. The Kier molecular flexibility index (Phi) is 5.99. The van der Waals surface area contributed by atoms with Crippen LogP contribution in [0, 0.1) is 6.92 Å². The zero-order valence-electron chi connectivity index (χ0n) is 13.4. The Labute approximate surface area is 147 Å². The molecule has 2 aromatic carbocycles. The molecule has 0 heterocycles. The highest BCUT2D eigenvalue weighted by molar-refractivity contribution is 7.88. The number of anilines is 1.